The molecule has 2 N–H and O–H groups in total. The van der Waals surface area contributed by atoms with Crippen LogP contribution in [-0.4, -0.2) is 46.9 Å². The zero-order valence-electron chi connectivity index (χ0n) is 14.8. The van der Waals surface area contributed by atoms with Crippen LogP contribution in [0.3, 0.4) is 0 Å². The molecule has 27 heavy (non-hydrogen) atoms. The fraction of sp³-hybridized carbons (Fsp3) is 0.294. The molecular formula is C17H17FN4O4S. The van der Waals surface area contributed by atoms with E-state index in [1.807, 2.05) is 0 Å². The summed E-state index contributed by atoms with van der Waals surface area (Å²) < 4.78 is 18.7. The molecule has 2 heterocycles. The van der Waals surface area contributed by atoms with Gasteiger partial charge in [0, 0.05) is 10.9 Å². The third-order valence-corrected chi connectivity index (χ3v) is 4.70. The second-order valence-corrected chi connectivity index (χ2v) is 7.24. The monoisotopic (exact) mass is 392 g/mol. The summed E-state index contributed by atoms with van der Waals surface area (Å²) in [5.41, 5.74) is -0.0293. The van der Waals surface area contributed by atoms with E-state index in [1.165, 1.54) is 19.2 Å². The molecule has 1 aliphatic heterocycles. The highest BCUT2D eigenvalue weighted by Gasteiger charge is 2.44. The Hall–Kier alpha value is -3.01. The molecule has 10 heteroatoms. The maximum Gasteiger partial charge on any atom is 0.325 e. The van der Waals surface area contributed by atoms with Gasteiger partial charge < -0.3 is 15.4 Å². The second kappa shape index (κ2) is 6.95. The van der Waals surface area contributed by atoms with Gasteiger partial charge in [-0.3, -0.25) is 14.5 Å². The van der Waals surface area contributed by atoms with E-state index in [0.29, 0.717) is 11.3 Å². The van der Waals surface area contributed by atoms with Crippen LogP contribution in [0.5, 0.6) is 5.75 Å². The highest BCUT2D eigenvalue weighted by atomic mass is 32.1. The van der Waals surface area contributed by atoms with Gasteiger partial charge in [-0.1, -0.05) is 0 Å². The van der Waals surface area contributed by atoms with E-state index in [-0.39, 0.29) is 10.9 Å². The second-order valence-electron chi connectivity index (χ2n) is 6.38. The zero-order chi connectivity index (χ0) is 19.8. The summed E-state index contributed by atoms with van der Waals surface area (Å²) >= 11 is 1.15. The first-order valence-electron chi connectivity index (χ1n) is 7.94. The number of hydrogen-bond donors (Lipinski definition) is 2. The summed E-state index contributed by atoms with van der Waals surface area (Å²) in [6.45, 7) is 2.71. The number of thiazole rings is 1. The Morgan fingerprint density at radius 2 is 2.15 bits per heavy atom. The van der Waals surface area contributed by atoms with Gasteiger partial charge >= 0.3 is 6.03 Å². The lowest BCUT2D eigenvalue weighted by molar-refractivity contribution is -0.132. The Kier molecular flexibility index (Phi) is 4.83. The van der Waals surface area contributed by atoms with Gasteiger partial charge in [-0.05, 0) is 32.0 Å². The highest BCUT2D eigenvalue weighted by Crippen LogP contribution is 2.28. The van der Waals surface area contributed by atoms with Gasteiger partial charge in [0.1, 0.15) is 12.1 Å². The average molecular weight is 392 g/mol. The molecule has 4 amide bonds. The van der Waals surface area contributed by atoms with E-state index >= 15 is 0 Å². The molecule has 2 aromatic rings. The molecule has 1 aliphatic rings. The number of urea groups is 1. The predicted molar refractivity (Wildman–Crippen MR) is 97.0 cm³/mol. The lowest BCUT2D eigenvalue weighted by atomic mass is 10.1. The summed E-state index contributed by atoms with van der Waals surface area (Å²) in [6, 6.07) is 3.81. The summed E-state index contributed by atoms with van der Waals surface area (Å²) in [7, 11) is 1.38. The Morgan fingerprint density at radius 3 is 2.74 bits per heavy atom. The Balaban J connectivity index is 1.67. The van der Waals surface area contributed by atoms with Crippen LogP contribution >= 0.6 is 11.3 Å². The summed E-state index contributed by atoms with van der Waals surface area (Å²) in [4.78, 5) is 41.2. The number of carbonyl (C=O) groups excluding carboxylic acids is 3. The molecule has 1 aromatic heterocycles. The van der Waals surface area contributed by atoms with Crippen molar-refractivity contribution < 1.29 is 23.5 Å². The number of halogens is 1. The predicted octanol–water partition coefficient (Wildman–Crippen LogP) is 2.23. The van der Waals surface area contributed by atoms with E-state index in [2.05, 4.69) is 15.6 Å². The van der Waals surface area contributed by atoms with Crippen molar-refractivity contribution in [3.8, 4) is 17.0 Å². The fourth-order valence-electron chi connectivity index (χ4n) is 2.55. The zero-order valence-corrected chi connectivity index (χ0v) is 15.6. The van der Waals surface area contributed by atoms with Crippen molar-refractivity contribution in [3.05, 3.63) is 29.4 Å². The number of rotatable bonds is 5. The maximum absolute atomic E-state index is 13.8. The van der Waals surface area contributed by atoms with Crippen LogP contribution in [0.15, 0.2) is 23.6 Å². The quantitative estimate of drug-likeness (QED) is 0.760. The standard InChI is InChI=1S/C17H17FN4O4S/c1-17(2)14(24)22(16(25)21-17)7-13(23)20-15-19-11(8-27-15)9-4-5-12(26-3)10(18)6-9/h4-6,8H,7H2,1-3H3,(H,21,25)(H,19,20,23). The first kappa shape index (κ1) is 18.8. The fourth-order valence-corrected chi connectivity index (χ4v) is 3.29. The van der Waals surface area contributed by atoms with E-state index in [0.717, 1.165) is 16.2 Å². The van der Waals surface area contributed by atoms with Crippen molar-refractivity contribution in [2.75, 3.05) is 19.0 Å². The number of imide groups is 1. The molecule has 0 aliphatic carbocycles. The Morgan fingerprint density at radius 1 is 1.41 bits per heavy atom. The molecule has 0 spiro atoms. The van der Waals surface area contributed by atoms with Crippen LogP contribution in [0.1, 0.15) is 13.8 Å². The first-order chi connectivity index (χ1) is 12.7. The van der Waals surface area contributed by atoms with Crippen LogP contribution in [0.4, 0.5) is 14.3 Å². The number of methoxy groups -OCH3 is 1. The minimum absolute atomic E-state index is 0.124. The average Bonchev–Trinajstić information content (AvgIpc) is 3.13. The van der Waals surface area contributed by atoms with Crippen molar-refractivity contribution in [1.29, 1.82) is 0 Å². The molecule has 0 unspecified atom stereocenters. The summed E-state index contributed by atoms with van der Waals surface area (Å²) in [5.74, 6) is -1.43. The highest BCUT2D eigenvalue weighted by molar-refractivity contribution is 7.14. The van der Waals surface area contributed by atoms with E-state index in [1.54, 1.807) is 25.3 Å². The number of benzene rings is 1. The van der Waals surface area contributed by atoms with Crippen LogP contribution < -0.4 is 15.4 Å². The number of aromatic nitrogens is 1. The molecule has 0 bridgehead atoms. The Bertz CT molecular complexity index is 927. The van der Waals surface area contributed by atoms with Gasteiger partial charge in [0.05, 0.1) is 12.8 Å². The smallest absolute Gasteiger partial charge is 0.325 e. The third-order valence-electron chi connectivity index (χ3n) is 3.94. The van der Waals surface area contributed by atoms with Gasteiger partial charge in [0.15, 0.2) is 16.7 Å². The molecule has 1 aromatic carbocycles. The minimum atomic E-state index is -1.04. The number of ether oxygens (including phenoxy) is 1. The molecule has 0 atom stereocenters. The van der Waals surface area contributed by atoms with Crippen molar-refractivity contribution in [2.24, 2.45) is 0 Å². The van der Waals surface area contributed by atoms with E-state index in [4.69, 9.17) is 4.74 Å². The van der Waals surface area contributed by atoms with Gasteiger partial charge in [0.2, 0.25) is 5.91 Å². The van der Waals surface area contributed by atoms with Gasteiger partial charge in [-0.2, -0.15) is 0 Å². The lowest BCUT2D eigenvalue weighted by Gasteiger charge is -2.15. The van der Waals surface area contributed by atoms with Crippen LogP contribution in [0.2, 0.25) is 0 Å². The molecule has 142 valence electrons. The lowest BCUT2D eigenvalue weighted by Crippen LogP contribution is -2.41. The number of amides is 4. The minimum Gasteiger partial charge on any atom is -0.494 e. The number of hydrogen-bond acceptors (Lipinski definition) is 6. The van der Waals surface area contributed by atoms with Crippen molar-refractivity contribution in [3.63, 3.8) is 0 Å². The van der Waals surface area contributed by atoms with Crippen molar-refractivity contribution in [1.82, 2.24) is 15.2 Å². The largest absolute Gasteiger partial charge is 0.494 e. The van der Waals surface area contributed by atoms with Crippen LogP contribution in [0.25, 0.3) is 11.3 Å². The molecule has 0 radical (unpaired) electrons. The molecule has 1 saturated heterocycles. The molecule has 0 saturated carbocycles. The number of carbonyl (C=O) groups is 3. The maximum atomic E-state index is 13.8. The topological polar surface area (TPSA) is 101 Å². The summed E-state index contributed by atoms with van der Waals surface area (Å²) in [6.07, 6.45) is 0. The van der Waals surface area contributed by atoms with E-state index < -0.39 is 35.7 Å². The van der Waals surface area contributed by atoms with Gasteiger partial charge in [-0.15, -0.1) is 11.3 Å². The number of nitrogens with one attached hydrogen (secondary N) is 2. The molecule has 1 fully saturated rings. The SMILES string of the molecule is COc1ccc(-c2csc(NC(=O)CN3C(=O)NC(C)(C)C3=O)n2)cc1F. The van der Waals surface area contributed by atoms with Crippen LogP contribution in [-0.2, 0) is 9.59 Å². The summed E-state index contributed by atoms with van der Waals surface area (Å²) in [5, 5.41) is 6.98. The van der Waals surface area contributed by atoms with Gasteiger partial charge in [-0.25, -0.2) is 14.2 Å². The van der Waals surface area contributed by atoms with E-state index in [9.17, 15) is 18.8 Å². The Labute approximate surface area is 158 Å². The molecule has 3 rings (SSSR count). The first-order valence-corrected chi connectivity index (χ1v) is 8.82. The molecule has 8 nitrogen and oxygen atoms in total. The third kappa shape index (κ3) is 3.75. The normalized spacial score (nSPS) is 15.6. The van der Waals surface area contributed by atoms with Crippen LogP contribution in [0, 0.1) is 5.82 Å². The van der Waals surface area contributed by atoms with Crippen molar-refractivity contribution >= 4 is 34.3 Å². The number of anilines is 1. The van der Waals surface area contributed by atoms with Gasteiger partial charge in [0.25, 0.3) is 5.91 Å². The molecular weight excluding hydrogens is 375 g/mol. The van der Waals surface area contributed by atoms with Crippen molar-refractivity contribution in [2.45, 2.75) is 19.4 Å². The number of nitrogens with zero attached hydrogens (tertiary/aromatic N) is 2.